The largest absolute Gasteiger partial charge is 0.493 e. The average Bonchev–Trinajstić information content (AvgIpc) is 2.97. The van der Waals surface area contributed by atoms with Gasteiger partial charge in [0.1, 0.15) is 11.2 Å². The highest BCUT2D eigenvalue weighted by Gasteiger charge is 2.45. The van der Waals surface area contributed by atoms with E-state index < -0.39 is 5.41 Å². The van der Waals surface area contributed by atoms with E-state index in [0.29, 0.717) is 24.6 Å². The number of anilines is 3. The third-order valence-electron chi connectivity index (χ3n) is 6.80. The van der Waals surface area contributed by atoms with Gasteiger partial charge in [-0.1, -0.05) is 6.07 Å². The van der Waals surface area contributed by atoms with Crippen LogP contribution in [-0.2, 0) is 16.0 Å². The Morgan fingerprint density at radius 1 is 0.900 bits per heavy atom. The van der Waals surface area contributed by atoms with Crippen molar-refractivity contribution in [3.63, 3.8) is 0 Å². The monoisotopic (exact) mass is 609 g/mol. The number of carbonyl (C=O) groups is 2. The van der Waals surface area contributed by atoms with E-state index in [1.165, 1.54) is 5.56 Å². The zero-order chi connectivity index (χ0) is 26.4. The summed E-state index contributed by atoms with van der Waals surface area (Å²) in [5.74, 6) is 0.252. The number of rotatable bonds is 10. The summed E-state index contributed by atoms with van der Waals surface area (Å²) < 4.78 is 6.10. The number of fused-ring (bicyclic) bond motifs is 1. The lowest BCUT2D eigenvalue weighted by Crippen LogP contribution is -2.47. The van der Waals surface area contributed by atoms with E-state index in [0.717, 1.165) is 37.3 Å². The van der Waals surface area contributed by atoms with E-state index in [1.54, 1.807) is 36.9 Å². The third kappa shape index (κ3) is 7.77. The molecule has 0 aliphatic carbocycles. The number of benzene rings is 1. The predicted molar refractivity (Wildman–Crippen MR) is 168 cm³/mol. The molecule has 0 N–H and O–H groups in total. The molecule has 0 atom stereocenters. The van der Waals surface area contributed by atoms with Crippen molar-refractivity contribution in [2.24, 2.45) is 5.41 Å². The van der Waals surface area contributed by atoms with Gasteiger partial charge in [-0.05, 0) is 69.5 Å². The van der Waals surface area contributed by atoms with Gasteiger partial charge in [-0.25, -0.2) is 0 Å². The highest BCUT2D eigenvalue weighted by Crippen LogP contribution is 2.40. The molecule has 218 valence electrons. The van der Waals surface area contributed by atoms with Crippen LogP contribution in [0.3, 0.4) is 0 Å². The van der Waals surface area contributed by atoms with Crippen molar-refractivity contribution in [1.82, 2.24) is 9.97 Å². The molecule has 0 saturated carbocycles. The van der Waals surface area contributed by atoms with Gasteiger partial charge in [-0.2, -0.15) is 0 Å². The molecule has 8 nitrogen and oxygen atoms in total. The summed E-state index contributed by atoms with van der Waals surface area (Å²) >= 11 is 0. The maximum Gasteiger partial charge on any atom is 0.242 e. The second kappa shape index (κ2) is 15.6. The van der Waals surface area contributed by atoms with Crippen LogP contribution in [0.15, 0.2) is 67.3 Å². The van der Waals surface area contributed by atoms with E-state index in [9.17, 15) is 9.59 Å². The first kappa shape index (κ1) is 35.0. The number of aromatic nitrogens is 2. The molecule has 11 heteroatoms. The van der Waals surface area contributed by atoms with Gasteiger partial charge in [0.15, 0.2) is 0 Å². The Kier molecular flexibility index (Phi) is 13.7. The molecule has 2 amide bonds. The van der Waals surface area contributed by atoms with Gasteiger partial charge in [-0.3, -0.25) is 19.6 Å². The lowest BCUT2D eigenvalue weighted by Gasteiger charge is -2.27. The minimum Gasteiger partial charge on any atom is -0.493 e. The smallest absolute Gasteiger partial charge is 0.242 e. The topological polar surface area (TPSA) is 78.9 Å². The predicted octanol–water partition coefficient (Wildman–Crippen LogP) is 5.62. The van der Waals surface area contributed by atoms with Crippen LogP contribution in [0.25, 0.3) is 0 Å². The molecule has 3 aromatic rings. The molecule has 1 aromatic carbocycles. The molecule has 0 spiro atoms. The number of hydrogen-bond acceptors (Lipinski definition) is 6. The van der Waals surface area contributed by atoms with Crippen molar-refractivity contribution in [1.29, 1.82) is 0 Å². The first-order chi connectivity index (χ1) is 17.8. The number of carbonyl (C=O) groups excluding carboxylic acids is 2. The zero-order valence-electron chi connectivity index (χ0n) is 23.3. The maximum atomic E-state index is 13.1. The van der Waals surface area contributed by atoms with Crippen LogP contribution in [0, 0.1) is 5.41 Å². The molecule has 0 unspecified atom stereocenters. The van der Waals surface area contributed by atoms with Gasteiger partial charge in [0, 0.05) is 63.2 Å². The standard InChI is InChI=1S/C29H35N5O3.3ClH/c1-5-34-25-10-9-24(20-26(25)32(4)27(35)29(2,3)28(34)36)37-19-7-17-33(23-11-15-30-16-12-23)18-13-22-8-6-14-31-21-22;;;/h6,8-12,14-16,20-21H,5,7,13,17-19H2,1-4H3;3*1H. The summed E-state index contributed by atoms with van der Waals surface area (Å²) in [6.07, 6.45) is 9.02. The van der Waals surface area contributed by atoms with Crippen molar-refractivity contribution in [2.45, 2.75) is 33.6 Å². The molecule has 4 rings (SSSR count). The highest BCUT2D eigenvalue weighted by molar-refractivity contribution is 6.20. The Morgan fingerprint density at radius 2 is 1.62 bits per heavy atom. The number of nitrogens with zero attached hydrogens (tertiary/aromatic N) is 5. The molecular formula is C29H38Cl3N5O3. The quantitative estimate of drug-likeness (QED) is 0.219. The number of halogens is 3. The first-order valence-electron chi connectivity index (χ1n) is 12.7. The van der Waals surface area contributed by atoms with Crippen molar-refractivity contribution in [3.8, 4) is 5.75 Å². The second-order valence-corrected chi connectivity index (χ2v) is 9.69. The van der Waals surface area contributed by atoms with E-state index in [-0.39, 0.29) is 49.0 Å². The number of hydrogen-bond donors (Lipinski definition) is 0. The maximum absolute atomic E-state index is 13.1. The zero-order valence-corrected chi connectivity index (χ0v) is 25.7. The third-order valence-corrected chi connectivity index (χ3v) is 6.80. The SMILES string of the molecule is CCN1C(=O)C(C)(C)C(=O)N(C)c2cc(OCCCN(CCc3cccnc3)c3ccncc3)ccc21.Cl.Cl.Cl. The van der Waals surface area contributed by atoms with E-state index in [1.807, 2.05) is 61.9 Å². The van der Waals surface area contributed by atoms with Gasteiger partial charge < -0.3 is 19.4 Å². The number of ether oxygens (including phenoxy) is 1. The Hall–Kier alpha value is -3.07. The van der Waals surface area contributed by atoms with Crippen LogP contribution in [-0.4, -0.2) is 55.1 Å². The molecule has 0 radical (unpaired) electrons. The molecule has 2 aromatic heterocycles. The fraction of sp³-hybridized carbons (Fsp3) is 0.379. The van der Waals surface area contributed by atoms with Crippen LogP contribution >= 0.6 is 37.2 Å². The summed E-state index contributed by atoms with van der Waals surface area (Å²) in [5.41, 5.74) is 2.59. The number of amides is 2. The molecule has 40 heavy (non-hydrogen) atoms. The van der Waals surface area contributed by atoms with E-state index >= 15 is 0 Å². The summed E-state index contributed by atoms with van der Waals surface area (Å²) in [4.78, 5) is 40.1. The molecule has 0 saturated heterocycles. The van der Waals surface area contributed by atoms with Crippen LogP contribution in [0.1, 0.15) is 32.8 Å². The van der Waals surface area contributed by atoms with Crippen molar-refractivity contribution in [2.75, 3.05) is 48.0 Å². The van der Waals surface area contributed by atoms with Gasteiger partial charge in [0.05, 0.1) is 18.0 Å². The van der Waals surface area contributed by atoms with Crippen LogP contribution in [0.4, 0.5) is 17.1 Å². The van der Waals surface area contributed by atoms with Gasteiger partial charge in [0.25, 0.3) is 0 Å². The molecule has 3 heterocycles. The average molecular weight is 611 g/mol. The summed E-state index contributed by atoms with van der Waals surface area (Å²) in [7, 11) is 1.72. The normalized spacial score (nSPS) is 13.7. The highest BCUT2D eigenvalue weighted by atomic mass is 35.5. The molecule has 0 fully saturated rings. The molecule has 0 bridgehead atoms. The molecule has 1 aliphatic rings. The second-order valence-electron chi connectivity index (χ2n) is 9.69. The summed E-state index contributed by atoms with van der Waals surface area (Å²) in [6, 6.07) is 13.7. The minimum absolute atomic E-state index is 0. The number of pyridine rings is 2. The fourth-order valence-electron chi connectivity index (χ4n) is 4.65. The molecular weight excluding hydrogens is 573 g/mol. The fourth-order valence-corrected chi connectivity index (χ4v) is 4.65. The van der Waals surface area contributed by atoms with Gasteiger partial charge >= 0.3 is 0 Å². The van der Waals surface area contributed by atoms with Crippen LogP contribution in [0.2, 0.25) is 0 Å². The van der Waals surface area contributed by atoms with Gasteiger partial charge in [-0.15, -0.1) is 37.2 Å². The Balaban J connectivity index is 0.00000267. The van der Waals surface area contributed by atoms with Crippen molar-refractivity contribution in [3.05, 3.63) is 72.8 Å². The minimum atomic E-state index is -1.13. The van der Waals surface area contributed by atoms with E-state index in [4.69, 9.17) is 4.74 Å². The van der Waals surface area contributed by atoms with E-state index in [2.05, 4.69) is 20.9 Å². The first-order valence-corrected chi connectivity index (χ1v) is 12.7. The Labute approximate surface area is 255 Å². The van der Waals surface area contributed by atoms with Crippen molar-refractivity contribution < 1.29 is 14.3 Å². The molecule has 1 aliphatic heterocycles. The Bertz CT molecular complexity index is 1230. The summed E-state index contributed by atoms with van der Waals surface area (Å²) in [6.45, 7) is 7.97. The van der Waals surface area contributed by atoms with Crippen molar-refractivity contribution >= 4 is 66.1 Å². The van der Waals surface area contributed by atoms with Crippen LogP contribution in [0.5, 0.6) is 5.75 Å². The lowest BCUT2D eigenvalue weighted by atomic mass is 9.90. The Morgan fingerprint density at radius 3 is 2.27 bits per heavy atom. The van der Waals surface area contributed by atoms with Crippen LogP contribution < -0.4 is 19.4 Å². The van der Waals surface area contributed by atoms with Gasteiger partial charge in [0.2, 0.25) is 11.8 Å². The lowest BCUT2D eigenvalue weighted by molar-refractivity contribution is -0.137. The summed E-state index contributed by atoms with van der Waals surface area (Å²) in [5, 5.41) is 0.